The lowest BCUT2D eigenvalue weighted by atomic mass is 9.95. The molecule has 0 radical (unpaired) electrons. The molecule has 26 heavy (non-hydrogen) atoms. The van der Waals surface area contributed by atoms with Crippen molar-refractivity contribution in [1.82, 2.24) is 9.97 Å². The second kappa shape index (κ2) is 5.11. The fraction of sp³-hybridized carbons (Fsp3) is 0.136. The third-order valence-corrected chi connectivity index (χ3v) is 5.48. The second-order valence-corrected chi connectivity index (χ2v) is 6.91. The van der Waals surface area contributed by atoms with Gasteiger partial charge in [0.25, 0.3) is 0 Å². The standard InChI is InChI=1S/C22H17N3O/c1-2-4-18-15(3-1)16-7-9-23-22-20(16)17(12-24-22)21(25-18)14-5-6-19-13(11-14)8-10-26-19/h1-7,9,11-12,21,25H,8,10H2,(H,23,24). The van der Waals surface area contributed by atoms with Gasteiger partial charge in [-0.05, 0) is 41.0 Å². The minimum Gasteiger partial charge on any atom is -0.493 e. The second-order valence-electron chi connectivity index (χ2n) is 6.91. The fourth-order valence-electron chi connectivity index (χ4n) is 4.26. The number of nitrogens with zero attached hydrogens (tertiary/aromatic N) is 1. The van der Waals surface area contributed by atoms with Crippen molar-refractivity contribution in [2.75, 3.05) is 11.9 Å². The third-order valence-electron chi connectivity index (χ3n) is 5.48. The van der Waals surface area contributed by atoms with Crippen LogP contribution >= 0.6 is 0 Å². The SMILES string of the molecule is c1ccc2c(c1)NC(c1ccc3c(c1)CCO3)c1c[nH]c3nccc-2c13. The molecule has 4 nitrogen and oxygen atoms in total. The summed E-state index contributed by atoms with van der Waals surface area (Å²) in [5, 5.41) is 4.97. The molecule has 2 aliphatic rings. The van der Waals surface area contributed by atoms with Gasteiger partial charge in [0.2, 0.25) is 0 Å². The number of nitrogens with one attached hydrogen (secondary N) is 2. The van der Waals surface area contributed by atoms with Gasteiger partial charge in [-0.3, -0.25) is 0 Å². The highest BCUT2D eigenvalue weighted by molar-refractivity contribution is 6.01. The first-order chi connectivity index (χ1) is 12.9. The summed E-state index contributed by atoms with van der Waals surface area (Å²) in [6, 6.07) is 17.2. The molecule has 0 saturated heterocycles. The van der Waals surface area contributed by atoms with Gasteiger partial charge in [0.05, 0.1) is 12.6 Å². The number of benzene rings is 2. The molecule has 0 saturated carbocycles. The summed E-state index contributed by atoms with van der Waals surface area (Å²) in [7, 11) is 0. The molecule has 6 rings (SSSR count). The summed E-state index contributed by atoms with van der Waals surface area (Å²) in [5.41, 5.74) is 8.30. The lowest BCUT2D eigenvalue weighted by molar-refractivity contribution is 0.357. The van der Waals surface area contributed by atoms with E-state index in [1.165, 1.54) is 33.2 Å². The van der Waals surface area contributed by atoms with Crippen molar-refractivity contribution < 1.29 is 4.74 Å². The number of hydrogen-bond acceptors (Lipinski definition) is 3. The normalized spacial score (nSPS) is 17.2. The van der Waals surface area contributed by atoms with Crippen LogP contribution in [-0.4, -0.2) is 16.6 Å². The van der Waals surface area contributed by atoms with Gasteiger partial charge in [0.15, 0.2) is 0 Å². The van der Waals surface area contributed by atoms with Crippen LogP contribution in [0.25, 0.3) is 22.2 Å². The highest BCUT2D eigenvalue weighted by atomic mass is 16.5. The third kappa shape index (κ3) is 1.87. The number of rotatable bonds is 1. The van der Waals surface area contributed by atoms with Crippen LogP contribution < -0.4 is 10.1 Å². The summed E-state index contributed by atoms with van der Waals surface area (Å²) >= 11 is 0. The Morgan fingerprint density at radius 1 is 1.04 bits per heavy atom. The van der Waals surface area contributed by atoms with Crippen LogP contribution in [0.1, 0.15) is 22.7 Å². The fourth-order valence-corrected chi connectivity index (χ4v) is 4.26. The van der Waals surface area contributed by atoms with E-state index in [-0.39, 0.29) is 6.04 Å². The van der Waals surface area contributed by atoms with Gasteiger partial charge < -0.3 is 15.0 Å². The molecule has 1 atom stereocenters. The number of pyridine rings is 1. The molecule has 1 unspecified atom stereocenters. The van der Waals surface area contributed by atoms with Gasteiger partial charge >= 0.3 is 0 Å². The maximum Gasteiger partial charge on any atom is 0.138 e. The number of fused-ring (bicyclic) bond motifs is 3. The Morgan fingerprint density at radius 3 is 3.00 bits per heavy atom. The molecule has 0 spiro atoms. The average Bonchev–Trinajstić information content (AvgIpc) is 3.29. The average molecular weight is 339 g/mol. The van der Waals surface area contributed by atoms with E-state index in [0.717, 1.165) is 30.1 Å². The van der Waals surface area contributed by atoms with E-state index in [1.54, 1.807) is 0 Å². The first-order valence-electron chi connectivity index (χ1n) is 8.96. The molecule has 4 heteroatoms. The van der Waals surface area contributed by atoms with E-state index in [0.29, 0.717) is 0 Å². The number of hydrogen-bond donors (Lipinski definition) is 2. The molecule has 2 aromatic heterocycles. The lowest BCUT2D eigenvalue weighted by Gasteiger charge is -2.20. The smallest absolute Gasteiger partial charge is 0.138 e. The van der Waals surface area contributed by atoms with Crippen LogP contribution in [0, 0.1) is 0 Å². The Hall–Kier alpha value is -3.27. The van der Waals surface area contributed by atoms with Crippen molar-refractivity contribution in [3.05, 3.63) is 77.6 Å². The van der Waals surface area contributed by atoms with Gasteiger partial charge in [-0.2, -0.15) is 0 Å². The van der Waals surface area contributed by atoms with E-state index in [9.17, 15) is 0 Å². The summed E-state index contributed by atoms with van der Waals surface area (Å²) < 4.78 is 5.68. The van der Waals surface area contributed by atoms with E-state index in [1.807, 2.05) is 6.20 Å². The number of ether oxygens (including phenoxy) is 1. The van der Waals surface area contributed by atoms with Crippen LogP contribution in [0.3, 0.4) is 0 Å². The number of aromatic amines is 1. The summed E-state index contributed by atoms with van der Waals surface area (Å²) in [5.74, 6) is 1.02. The van der Waals surface area contributed by atoms with E-state index in [4.69, 9.17) is 4.74 Å². The van der Waals surface area contributed by atoms with Crippen LogP contribution in [-0.2, 0) is 6.42 Å². The minimum atomic E-state index is 0.0706. The van der Waals surface area contributed by atoms with Crippen molar-refractivity contribution in [1.29, 1.82) is 0 Å². The first-order valence-corrected chi connectivity index (χ1v) is 8.96. The highest BCUT2D eigenvalue weighted by Gasteiger charge is 2.26. The molecular weight excluding hydrogens is 322 g/mol. The van der Waals surface area contributed by atoms with E-state index < -0.39 is 0 Å². The Balaban J connectivity index is 1.63. The Morgan fingerprint density at radius 2 is 2.00 bits per heavy atom. The molecule has 2 aromatic carbocycles. The molecule has 4 heterocycles. The Kier molecular flexibility index (Phi) is 2.75. The Bertz CT molecular complexity index is 1160. The largest absolute Gasteiger partial charge is 0.493 e. The zero-order chi connectivity index (χ0) is 17.1. The zero-order valence-corrected chi connectivity index (χ0v) is 14.1. The van der Waals surface area contributed by atoms with Crippen LogP contribution in [0.4, 0.5) is 5.69 Å². The topological polar surface area (TPSA) is 49.9 Å². The molecule has 0 amide bonds. The maximum absolute atomic E-state index is 5.68. The molecule has 2 N–H and O–H groups in total. The van der Waals surface area contributed by atoms with Gasteiger partial charge in [0, 0.05) is 41.0 Å². The summed E-state index contributed by atoms with van der Waals surface area (Å²) in [6.07, 6.45) is 4.95. The number of anilines is 1. The van der Waals surface area contributed by atoms with E-state index in [2.05, 4.69) is 70.0 Å². The van der Waals surface area contributed by atoms with Gasteiger partial charge in [-0.25, -0.2) is 4.98 Å². The van der Waals surface area contributed by atoms with Crippen molar-refractivity contribution in [2.45, 2.75) is 12.5 Å². The predicted molar refractivity (Wildman–Crippen MR) is 103 cm³/mol. The van der Waals surface area contributed by atoms with Gasteiger partial charge in [-0.1, -0.05) is 24.3 Å². The lowest BCUT2D eigenvalue weighted by Crippen LogP contribution is -2.11. The minimum absolute atomic E-state index is 0.0706. The first kappa shape index (κ1) is 14.0. The molecular formula is C22H17N3O. The molecule has 126 valence electrons. The summed E-state index contributed by atoms with van der Waals surface area (Å²) in [6.45, 7) is 0.779. The Labute approximate surface area is 150 Å². The van der Waals surface area contributed by atoms with Crippen LogP contribution in [0.5, 0.6) is 5.75 Å². The molecule has 0 fully saturated rings. The molecule has 4 aromatic rings. The predicted octanol–water partition coefficient (Wildman–Crippen LogP) is 4.68. The molecule has 0 bridgehead atoms. The van der Waals surface area contributed by atoms with E-state index >= 15 is 0 Å². The van der Waals surface area contributed by atoms with Crippen molar-refractivity contribution in [3.8, 4) is 16.9 Å². The van der Waals surface area contributed by atoms with Crippen molar-refractivity contribution in [3.63, 3.8) is 0 Å². The van der Waals surface area contributed by atoms with Crippen LogP contribution in [0.2, 0.25) is 0 Å². The molecule has 0 aliphatic carbocycles. The number of H-pyrrole nitrogens is 1. The highest BCUT2D eigenvalue weighted by Crippen LogP contribution is 2.44. The van der Waals surface area contributed by atoms with Crippen LogP contribution in [0.15, 0.2) is 60.9 Å². The van der Waals surface area contributed by atoms with Crippen molar-refractivity contribution in [2.24, 2.45) is 0 Å². The number of para-hydroxylation sites is 1. The van der Waals surface area contributed by atoms with Crippen molar-refractivity contribution >= 4 is 16.7 Å². The quantitative estimate of drug-likeness (QED) is 0.529. The zero-order valence-electron chi connectivity index (χ0n) is 14.1. The maximum atomic E-state index is 5.68. The monoisotopic (exact) mass is 339 g/mol. The molecule has 2 aliphatic heterocycles. The number of aromatic nitrogens is 2. The van der Waals surface area contributed by atoms with Gasteiger partial charge in [-0.15, -0.1) is 0 Å². The summed E-state index contributed by atoms with van der Waals surface area (Å²) in [4.78, 5) is 7.90. The van der Waals surface area contributed by atoms with Gasteiger partial charge in [0.1, 0.15) is 11.4 Å².